The van der Waals surface area contributed by atoms with Crippen molar-refractivity contribution in [3.8, 4) is 0 Å². The van der Waals surface area contributed by atoms with E-state index in [1.807, 2.05) is 12.1 Å². The molecule has 1 aliphatic carbocycles. The van der Waals surface area contributed by atoms with Crippen molar-refractivity contribution in [3.05, 3.63) is 28.8 Å². The number of nitrogens with two attached hydrogens (primary N) is 1. The highest BCUT2D eigenvalue weighted by atomic mass is 35.5. The van der Waals surface area contributed by atoms with Crippen molar-refractivity contribution in [3.63, 3.8) is 0 Å². The lowest BCUT2D eigenvalue weighted by atomic mass is 9.75. The van der Waals surface area contributed by atoms with Gasteiger partial charge in [-0.05, 0) is 64.2 Å². The quantitative estimate of drug-likeness (QED) is 0.843. The summed E-state index contributed by atoms with van der Waals surface area (Å²) >= 11 is 6.05. The van der Waals surface area contributed by atoms with Gasteiger partial charge in [-0.1, -0.05) is 11.6 Å². The lowest BCUT2D eigenvalue weighted by Gasteiger charge is -2.49. The Morgan fingerprint density at radius 2 is 1.89 bits per heavy atom. The Morgan fingerprint density at radius 3 is 2.37 bits per heavy atom. The molecule has 0 aromatic heterocycles. The fourth-order valence-electron chi connectivity index (χ4n) is 2.97. The average molecular weight is 282 g/mol. The molecule has 1 saturated carbocycles. The molecule has 0 aliphatic heterocycles. The van der Waals surface area contributed by atoms with Crippen LogP contribution in [0.4, 0.5) is 5.69 Å². The second kappa shape index (κ2) is 5.70. The van der Waals surface area contributed by atoms with Crippen LogP contribution in [0.15, 0.2) is 18.2 Å². The summed E-state index contributed by atoms with van der Waals surface area (Å²) in [4.78, 5) is 4.74. The van der Waals surface area contributed by atoms with Crippen molar-refractivity contribution >= 4 is 17.3 Å². The van der Waals surface area contributed by atoms with E-state index in [2.05, 4.69) is 30.9 Å². The molecule has 19 heavy (non-hydrogen) atoms. The first kappa shape index (κ1) is 14.6. The Morgan fingerprint density at radius 1 is 1.21 bits per heavy atom. The monoisotopic (exact) mass is 281 g/mol. The number of rotatable bonds is 5. The summed E-state index contributed by atoms with van der Waals surface area (Å²) in [7, 11) is 6.54. The van der Waals surface area contributed by atoms with Crippen molar-refractivity contribution in [1.29, 1.82) is 0 Å². The maximum atomic E-state index is 6.05. The molecular formula is C15H24ClN3. The van der Waals surface area contributed by atoms with E-state index in [1.54, 1.807) is 6.07 Å². The summed E-state index contributed by atoms with van der Waals surface area (Å²) in [6.07, 6.45) is 3.93. The number of hydrogen-bond donors (Lipinski definition) is 1. The van der Waals surface area contributed by atoms with Crippen LogP contribution in [-0.4, -0.2) is 43.0 Å². The van der Waals surface area contributed by atoms with Crippen molar-refractivity contribution in [1.82, 2.24) is 9.80 Å². The zero-order chi connectivity index (χ0) is 14.0. The highest BCUT2D eigenvalue weighted by Crippen LogP contribution is 2.36. The maximum absolute atomic E-state index is 6.05. The summed E-state index contributed by atoms with van der Waals surface area (Å²) in [6, 6.07) is 5.79. The van der Waals surface area contributed by atoms with Gasteiger partial charge in [0, 0.05) is 29.3 Å². The predicted octanol–water partition coefficient (Wildman–Crippen LogP) is 2.84. The normalized spacial score (nSPS) is 17.8. The molecule has 0 saturated heterocycles. The van der Waals surface area contributed by atoms with Crippen LogP contribution in [0.25, 0.3) is 0 Å². The van der Waals surface area contributed by atoms with Crippen molar-refractivity contribution in [2.24, 2.45) is 0 Å². The van der Waals surface area contributed by atoms with Crippen LogP contribution < -0.4 is 5.73 Å². The van der Waals surface area contributed by atoms with Crippen molar-refractivity contribution in [2.45, 2.75) is 31.3 Å². The minimum absolute atomic E-state index is 0.360. The zero-order valence-electron chi connectivity index (χ0n) is 12.1. The number of hydrogen-bond acceptors (Lipinski definition) is 3. The third-order valence-corrected chi connectivity index (χ3v) is 4.45. The van der Waals surface area contributed by atoms with Gasteiger partial charge in [0.05, 0.1) is 0 Å². The molecule has 2 rings (SSSR count). The topological polar surface area (TPSA) is 32.5 Å². The van der Waals surface area contributed by atoms with Crippen LogP contribution in [0.2, 0.25) is 5.02 Å². The standard InChI is InChI=1S/C15H24ClN3/c1-18(2)15(5-4-6-15)11-19(3)10-12-7-13(16)9-14(17)8-12/h7-9H,4-6,10-11,17H2,1-3H3. The first-order valence-corrected chi connectivity index (χ1v) is 7.20. The first-order valence-electron chi connectivity index (χ1n) is 6.82. The number of benzene rings is 1. The summed E-state index contributed by atoms with van der Waals surface area (Å²) in [5.41, 5.74) is 8.12. The van der Waals surface area contributed by atoms with Gasteiger partial charge in [-0.2, -0.15) is 0 Å². The van der Waals surface area contributed by atoms with Crippen LogP contribution in [0.3, 0.4) is 0 Å². The molecule has 1 aliphatic rings. The first-order chi connectivity index (χ1) is 8.91. The second-order valence-corrected chi connectivity index (χ2v) is 6.47. The second-order valence-electron chi connectivity index (χ2n) is 6.04. The molecular weight excluding hydrogens is 258 g/mol. The van der Waals surface area contributed by atoms with Gasteiger partial charge in [0.15, 0.2) is 0 Å². The third kappa shape index (κ3) is 3.41. The lowest BCUT2D eigenvalue weighted by molar-refractivity contribution is 0.0259. The van der Waals surface area contributed by atoms with Gasteiger partial charge >= 0.3 is 0 Å². The van der Waals surface area contributed by atoms with Crippen molar-refractivity contribution < 1.29 is 0 Å². The van der Waals surface area contributed by atoms with E-state index in [4.69, 9.17) is 17.3 Å². The van der Waals surface area contributed by atoms with E-state index >= 15 is 0 Å². The predicted molar refractivity (Wildman–Crippen MR) is 82.5 cm³/mol. The van der Waals surface area contributed by atoms with Gasteiger partial charge in [-0.3, -0.25) is 0 Å². The molecule has 0 atom stereocenters. The lowest BCUT2D eigenvalue weighted by Crippen LogP contribution is -2.56. The molecule has 106 valence electrons. The Balaban J connectivity index is 1.99. The molecule has 3 nitrogen and oxygen atoms in total. The van der Waals surface area contributed by atoms with E-state index in [1.165, 1.54) is 24.8 Å². The minimum Gasteiger partial charge on any atom is -0.399 e. The molecule has 1 aromatic rings. The van der Waals surface area contributed by atoms with Gasteiger partial charge < -0.3 is 15.5 Å². The number of likely N-dealkylation sites (N-methyl/N-ethyl adjacent to an activating group) is 2. The summed E-state index contributed by atoms with van der Waals surface area (Å²) in [5, 5.41) is 0.717. The fourth-order valence-corrected chi connectivity index (χ4v) is 3.23. The zero-order valence-corrected chi connectivity index (χ0v) is 12.9. The summed E-state index contributed by atoms with van der Waals surface area (Å²) in [5.74, 6) is 0. The molecule has 0 heterocycles. The van der Waals surface area contributed by atoms with Crippen LogP contribution in [-0.2, 0) is 6.54 Å². The molecule has 4 heteroatoms. The molecule has 0 unspecified atom stereocenters. The molecule has 0 radical (unpaired) electrons. The third-order valence-electron chi connectivity index (χ3n) is 4.23. The molecule has 0 spiro atoms. The van der Waals surface area contributed by atoms with Gasteiger partial charge in [-0.15, -0.1) is 0 Å². The van der Waals surface area contributed by atoms with Gasteiger partial charge in [0.25, 0.3) is 0 Å². The molecule has 0 amide bonds. The Labute approximate surface area is 121 Å². The fraction of sp³-hybridized carbons (Fsp3) is 0.600. The van der Waals surface area contributed by atoms with E-state index < -0.39 is 0 Å². The molecule has 1 aromatic carbocycles. The van der Waals surface area contributed by atoms with Crippen LogP contribution in [0.5, 0.6) is 0 Å². The minimum atomic E-state index is 0.360. The van der Waals surface area contributed by atoms with Crippen LogP contribution in [0, 0.1) is 0 Å². The number of halogens is 1. The van der Waals surface area contributed by atoms with Gasteiger partial charge in [0.1, 0.15) is 0 Å². The van der Waals surface area contributed by atoms with E-state index in [0.29, 0.717) is 5.54 Å². The Bertz CT molecular complexity index is 421. The highest BCUT2D eigenvalue weighted by Gasteiger charge is 2.39. The number of nitrogens with zero attached hydrogens (tertiary/aromatic N) is 2. The van der Waals surface area contributed by atoms with E-state index in [-0.39, 0.29) is 0 Å². The highest BCUT2D eigenvalue weighted by molar-refractivity contribution is 6.30. The SMILES string of the molecule is CN(Cc1cc(N)cc(Cl)c1)CC1(N(C)C)CCC1. The van der Waals surface area contributed by atoms with E-state index in [0.717, 1.165) is 23.8 Å². The molecule has 1 fully saturated rings. The summed E-state index contributed by atoms with van der Waals surface area (Å²) < 4.78 is 0. The number of anilines is 1. The van der Waals surface area contributed by atoms with E-state index in [9.17, 15) is 0 Å². The van der Waals surface area contributed by atoms with Gasteiger partial charge in [-0.25, -0.2) is 0 Å². The van der Waals surface area contributed by atoms with Crippen molar-refractivity contribution in [2.75, 3.05) is 33.4 Å². The summed E-state index contributed by atoms with van der Waals surface area (Å²) in [6.45, 7) is 1.98. The largest absolute Gasteiger partial charge is 0.399 e. The van der Waals surface area contributed by atoms with Crippen LogP contribution >= 0.6 is 11.6 Å². The molecule has 2 N–H and O–H groups in total. The average Bonchev–Trinajstić information content (AvgIpc) is 2.21. The maximum Gasteiger partial charge on any atom is 0.0429 e. The van der Waals surface area contributed by atoms with Crippen LogP contribution in [0.1, 0.15) is 24.8 Å². The number of nitrogen functional groups attached to an aromatic ring is 1. The smallest absolute Gasteiger partial charge is 0.0429 e. The van der Waals surface area contributed by atoms with Gasteiger partial charge in [0.2, 0.25) is 0 Å². The molecule has 0 bridgehead atoms. The Hall–Kier alpha value is -0.770. The Kier molecular flexibility index (Phi) is 4.39.